The highest BCUT2D eigenvalue weighted by Crippen LogP contribution is 1.96. The molecule has 0 atom stereocenters. The molecule has 11 heavy (non-hydrogen) atoms. The van der Waals surface area contributed by atoms with Gasteiger partial charge in [-0.05, 0) is 18.9 Å². The van der Waals surface area contributed by atoms with E-state index in [1.54, 1.807) is 6.92 Å². The van der Waals surface area contributed by atoms with E-state index < -0.39 is 0 Å². The van der Waals surface area contributed by atoms with Gasteiger partial charge in [0.2, 0.25) is 0 Å². The quantitative estimate of drug-likeness (QED) is 0.345. The van der Waals surface area contributed by atoms with Crippen molar-refractivity contribution in [3.63, 3.8) is 0 Å². The molecule has 62 valence electrons. The minimum atomic E-state index is -0.318. The van der Waals surface area contributed by atoms with Crippen molar-refractivity contribution in [2.24, 2.45) is 5.92 Å². The lowest BCUT2D eigenvalue weighted by atomic mass is 10.2. The van der Waals surface area contributed by atoms with Crippen LogP contribution in [0.1, 0.15) is 20.8 Å². The summed E-state index contributed by atoms with van der Waals surface area (Å²) in [7, 11) is 1.36. The zero-order valence-electron chi connectivity index (χ0n) is 7.47. The lowest BCUT2D eigenvalue weighted by molar-refractivity contribution is -0.136. The van der Waals surface area contributed by atoms with E-state index >= 15 is 0 Å². The molecule has 0 spiro atoms. The summed E-state index contributed by atoms with van der Waals surface area (Å²) in [6.45, 7) is 5.74. The Hall–Kier alpha value is -1.01. The molecule has 2 heteroatoms. The van der Waals surface area contributed by atoms with Gasteiger partial charge in [0.25, 0.3) is 0 Å². The van der Waals surface area contributed by atoms with Crippen LogP contribution >= 0.6 is 0 Å². The first kappa shape index (κ1) is 9.99. The normalized spacial score (nSPS) is 8.82. The van der Waals surface area contributed by atoms with Crippen LogP contribution in [0.5, 0.6) is 0 Å². The van der Waals surface area contributed by atoms with Gasteiger partial charge in [0.05, 0.1) is 12.7 Å². The molecule has 0 aromatic rings. The average Bonchev–Trinajstić information content (AvgIpc) is 1.98. The maximum atomic E-state index is 10.8. The van der Waals surface area contributed by atoms with Crippen molar-refractivity contribution in [1.29, 1.82) is 0 Å². The smallest absolute Gasteiger partial charge is 0.341 e. The third-order valence-corrected chi connectivity index (χ3v) is 1.12. The van der Waals surface area contributed by atoms with Crippen molar-refractivity contribution in [3.05, 3.63) is 17.4 Å². The number of carbonyl (C=O) groups is 1. The highest BCUT2D eigenvalue weighted by molar-refractivity contribution is 5.87. The van der Waals surface area contributed by atoms with Crippen molar-refractivity contribution in [1.82, 2.24) is 0 Å². The molecule has 0 saturated heterocycles. The van der Waals surface area contributed by atoms with Crippen LogP contribution in [0.25, 0.3) is 0 Å². The molecule has 0 aliphatic carbocycles. The van der Waals surface area contributed by atoms with Gasteiger partial charge in [-0.1, -0.05) is 13.8 Å². The number of ether oxygens (including phenoxy) is 1. The van der Waals surface area contributed by atoms with E-state index in [-0.39, 0.29) is 5.97 Å². The minimum absolute atomic E-state index is 0.318. The largest absolute Gasteiger partial charge is 0.465 e. The van der Waals surface area contributed by atoms with E-state index in [1.807, 2.05) is 19.9 Å². The second-order valence-electron chi connectivity index (χ2n) is 2.67. The van der Waals surface area contributed by atoms with E-state index in [0.717, 1.165) is 0 Å². The molecule has 0 fully saturated rings. The molecule has 0 bridgehead atoms. The van der Waals surface area contributed by atoms with Gasteiger partial charge >= 0.3 is 5.97 Å². The molecule has 0 N–H and O–H groups in total. The molecule has 0 aromatic heterocycles. The van der Waals surface area contributed by atoms with Gasteiger partial charge in [-0.15, -0.1) is 5.73 Å². The van der Waals surface area contributed by atoms with Crippen LogP contribution in [-0.2, 0) is 9.53 Å². The van der Waals surface area contributed by atoms with Crippen molar-refractivity contribution in [2.45, 2.75) is 20.8 Å². The molecule has 0 aromatic carbocycles. The number of rotatable bonds is 2. The Bertz CT molecular complexity index is 196. The maximum Gasteiger partial charge on any atom is 0.341 e. The second-order valence-corrected chi connectivity index (χ2v) is 2.67. The van der Waals surface area contributed by atoms with Crippen molar-refractivity contribution in [2.75, 3.05) is 7.11 Å². The van der Waals surface area contributed by atoms with Gasteiger partial charge in [-0.3, -0.25) is 0 Å². The molecule has 0 rings (SSSR count). The summed E-state index contributed by atoms with van der Waals surface area (Å²) in [5, 5.41) is 0. The summed E-state index contributed by atoms with van der Waals surface area (Å²) in [4.78, 5) is 10.8. The third kappa shape index (κ3) is 4.40. The van der Waals surface area contributed by atoms with Crippen molar-refractivity contribution in [3.8, 4) is 0 Å². The van der Waals surface area contributed by atoms with Gasteiger partial charge < -0.3 is 4.74 Å². The molecule has 0 saturated carbocycles. The molecule has 0 heterocycles. The van der Waals surface area contributed by atoms with Gasteiger partial charge in [-0.2, -0.15) is 0 Å². The van der Waals surface area contributed by atoms with Gasteiger partial charge in [0.1, 0.15) is 0 Å². The Morgan fingerprint density at radius 1 is 1.55 bits per heavy atom. The predicted octanol–water partition coefficient (Wildman–Crippen LogP) is 1.92. The van der Waals surface area contributed by atoms with E-state index in [0.29, 0.717) is 11.5 Å². The fourth-order valence-corrected chi connectivity index (χ4v) is 0.504. The summed E-state index contributed by atoms with van der Waals surface area (Å²) >= 11 is 0. The molecular weight excluding hydrogens is 140 g/mol. The third-order valence-electron chi connectivity index (χ3n) is 1.12. The first-order valence-corrected chi connectivity index (χ1v) is 3.59. The Morgan fingerprint density at radius 3 is 2.45 bits per heavy atom. The Balaban J connectivity index is 4.32. The average molecular weight is 154 g/mol. The summed E-state index contributed by atoms with van der Waals surface area (Å²) < 4.78 is 4.49. The number of carbonyl (C=O) groups excluding carboxylic acids is 1. The van der Waals surface area contributed by atoms with E-state index in [4.69, 9.17) is 0 Å². The van der Waals surface area contributed by atoms with Gasteiger partial charge in [-0.25, -0.2) is 4.79 Å². The van der Waals surface area contributed by atoms with Crippen LogP contribution in [0, 0.1) is 5.92 Å². The fourth-order valence-electron chi connectivity index (χ4n) is 0.504. The summed E-state index contributed by atoms with van der Waals surface area (Å²) in [6, 6.07) is 0. The fraction of sp³-hybridized carbons (Fsp3) is 0.556. The molecule has 2 nitrogen and oxygen atoms in total. The van der Waals surface area contributed by atoms with Crippen molar-refractivity contribution >= 4 is 5.97 Å². The highest BCUT2D eigenvalue weighted by atomic mass is 16.5. The summed E-state index contributed by atoms with van der Waals surface area (Å²) in [6.07, 6.45) is 1.84. The van der Waals surface area contributed by atoms with E-state index in [1.165, 1.54) is 7.11 Å². The van der Waals surface area contributed by atoms with E-state index in [9.17, 15) is 4.79 Å². The van der Waals surface area contributed by atoms with Crippen molar-refractivity contribution < 1.29 is 9.53 Å². The highest BCUT2D eigenvalue weighted by Gasteiger charge is 1.99. The molecule has 0 aliphatic rings. The summed E-state index contributed by atoms with van der Waals surface area (Å²) in [5.74, 6) is 0.0940. The molecule has 0 radical (unpaired) electrons. The Morgan fingerprint density at radius 2 is 2.09 bits per heavy atom. The Labute approximate surface area is 67.6 Å². The van der Waals surface area contributed by atoms with Crippen LogP contribution in [-0.4, -0.2) is 13.1 Å². The topological polar surface area (TPSA) is 26.3 Å². The van der Waals surface area contributed by atoms with Crippen LogP contribution in [0.15, 0.2) is 17.4 Å². The van der Waals surface area contributed by atoms with Crippen LogP contribution in [0.3, 0.4) is 0 Å². The minimum Gasteiger partial charge on any atom is -0.465 e. The van der Waals surface area contributed by atoms with Gasteiger partial charge in [0, 0.05) is 0 Å². The zero-order valence-corrected chi connectivity index (χ0v) is 7.47. The number of methoxy groups -OCH3 is 1. The van der Waals surface area contributed by atoms with E-state index in [2.05, 4.69) is 10.5 Å². The maximum absolute atomic E-state index is 10.8. The molecule has 0 amide bonds. The number of hydrogen-bond acceptors (Lipinski definition) is 2. The Kier molecular flexibility index (Phi) is 4.32. The van der Waals surface area contributed by atoms with Crippen LogP contribution in [0.2, 0.25) is 0 Å². The SMILES string of the molecule is COC(=O)C(C)=C=CC(C)C. The lowest BCUT2D eigenvalue weighted by Crippen LogP contribution is -1.99. The second kappa shape index (κ2) is 4.75. The monoisotopic (exact) mass is 154 g/mol. The number of hydrogen-bond donors (Lipinski definition) is 0. The number of esters is 1. The molecule has 0 aliphatic heterocycles. The molecular formula is C9H14O2. The van der Waals surface area contributed by atoms with Crippen LogP contribution < -0.4 is 0 Å². The zero-order chi connectivity index (χ0) is 8.85. The van der Waals surface area contributed by atoms with Gasteiger partial charge in [0.15, 0.2) is 0 Å². The first-order valence-electron chi connectivity index (χ1n) is 3.59. The van der Waals surface area contributed by atoms with Crippen LogP contribution in [0.4, 0.5) is 0 Å². The summed E-state index contributed by atoms with van der Waals surface area (Å²) in [5.41, 5.74) is 3.36. The standard InChI is InChI=1S/C9H14O2/c1-7(2)5-6-8(3)9(10)11-4/h5,7H,1-4H3. The lowest BCUT2D eigenvalue weighted by Gasteiger charge is -1.94. The predicted molar refractivity (Wildman–Crippen MR) is 44.1 cm³/mol. The first-order chi connectivity index (χ1) is 5.07. The molecule has 0 unspecified atom stereocenters.